The van der Waals surface area contributed by atoms with Crippen LogP contribution in [0.2, 0.25) is 0 Å². The lowest BCUT2D eigenvalue weighted by Crippen LogP contribution is -2.32. The first-order valence-corrected chi connectivity index (χ1v) is 9.08. The lowest BCUT2D eigenvalue weighted by molar-refractivity contribution is -0.141. The van der Waals surface area contributed by atoms with Gasteiger partial charge < -0.3 is 9.47 Å². The molecule has 2 amide bonds. The highest BCUT2D eigenvalue weighted by molar-refractivity contribution is 6.05. The first kappa shape index (κ1) is 19.9. The van der Waals surface area contributed by atoms with Crippen LogP contribution in [-0.4, -0.2) is 37.0 Å². The predicted molar refractivity (Wildman–Crippen MR) is 92.7 cm³/mol. The molecule has 0 radical (unpaired) electrons. The van der Waals surface area contributed by atoms with Crippen LogP contribution >= 0.6 is 0 Å². The Morgan fingerprint density at radius 3 is 2.46 bits per heavy atom. The summed E-state index contributed by atoms with van der Waals surface area (Å²) in [7, 11) is 0. The fraction of sp³-hybridized carbons (Fsp3) is 0.579. The topological polar surface area (TPSA) is 98.8 Å². The zero-order valence-corrected chi connectivity index (χ0v) is 14.8. The van der Waals surface area contributed by atoms with Crippen molar-refractivity contribution in [1.29, 1.82) is 0 Å². The van der Waals surface area contributed by atoms with Crippen molar-refractivity contribution < 1.29 is 28.7 Å². The van der Waals surface area contributed by atoms with Crippen LogP contribution in [-0.2, 0) is 28.7 Å². The summed E-state index contributed by atoms with van der Waals surface area (Å²) in [6.07, 6.45) is 10.5. The fourth-order valence-corrected chi connectivity index (χ4v) is 3.08. The molecule has 7 heteroatoms. The van der Waals surface area contributed by atoms with Crippen LogP contribution in [0.5, 0.6) is 0 Å². The van der Waals surface area contributed by atoms with Crippen LogP contribution in [0.15, 0.2) is 23.8 Å². The molecule has 7 nitrogen and oxygen atoms in total. The van der Waals surface area contributed by atoms with Crippen molar-refractivity contribution in [2.24, 2.45) is 5.92 Å². The van der Waals surface area contributed by atoms with Crippen LogP contribution in [0.25, 0.3) is 0 Å². The molecule has 0 saturated heterocycles. The average molecular weight is 363 g/mol. The van der Waals surface area contributed by atoms with Crippen molar-refractivity contribution in [3.8, 4) is 0 Å². The molecule has 0 aromatic rings. The third-order valence-electron chi connectivity index (χ3n) is 4.41. The van der Waals surface area contributed by atoms with Crippen molar-refractivity contribution in [3.63, 3.8) is 0 Å². The van der Waals surface area contributed by atoms with E-state index < -0.39 is 17.8 Å². The first-order chi connectivity index (χ1) is 12.5. The van der Waals surface area contributed by atoms with E-state index in [2.05, 4.69) is 5.32 Å². The molecule has 2 rings (SSSR count). The van der Waals surface area contributed by atoms with E-state index in [1.54, 1.807) is 0 Å². The average Bonchev–Trinajstić information content (AvgIpc) is 2.62. The normalized spacial score (nSPS) is 18.4. The van der Waals surface area contributed by atoms with Crippen molar-refractivity contribution in [2.75, 3.05) is 13.2 Å². The molecule has 142 valence electrons. The first-order valence-electron chi connectivity index (χ1n) is 9.08. The number of esters is 2. The van der Waals surface area contributed by atoms with Gasteiger partial charge in [-0.05, 0) is 31.6 Å². The summed E-state index contributed by atoms with van der Waals surface area (Å²) in [5, 5.41) is 2.18. The molecule has 0 unspecified atom stereocenters. The van der Waals surface area contributed by atoms with Crippen LogP contribution in [0, 0.1) is 5.92 Å². The highest BCUT2D eigenvalue weighted by atomic mass is 16.5. The van der Waals surface area contributed by atoms with E-state index >= 15 is 0 Å². The van der Waals surface area contributed by atoms with Crippen molar-refractivity contribution in [2.45, 2.75) is 51.4 Å². The monoisotopic (exact) mass is 363 g/mol. The Hall–Kier alpha value is -2.44. The van der Waals surface area contributed by atoms with Gasteiger partial charge in [-0.3, -0.25) is 14.9 Å². The van der Waals surface area contributed by atoms with Crippen LogP contribution in [0.1, 0.15) is 51.4 Å². The molecule has 1 heterocycles. The van der Waals surface area contributed by atoms with Gasteiger partial charge in [0.05, 0.1) is 13.2 Å². The van der Waals surface area contributed by atoms with E-state index in [1.807, 2.05) is 0 Å². The number of ether oxygens (including phenoxy) is 2. The lowest BCUT2D eigenvalue weighted by Gasteiger charge is -2.20. The number of nitrogens with one attached hydrogen (secondary N) is 1. The summed E-state index contributed by atoms with van der Waals surface area (Å²) in [4.78, 5) is 45.6. The lowest BCUT2D eigenvalue weighted by atomic mass is 9.90. The van der Waals surface area contributed by atoms with E-state index in [0.29, 0.717) is 25.4 Å². The van der Waals surface area contributed by atoms with Gasteiger partial charge in [0.15, 0.2) is 0 Å². The molecule has 26 heavy (non-hydrogen) atoms. The second-order valence-electron chi connectivity index (χ2n) is 6.63. The molecule has 1 saturated carbocycles. The van der Waals surface area contributed by atoms with Crippen molar-refractivity contribution >= 4 is 23.8 Å². The second kappa shape index (κ2) is 10.5. The molecule has 0 atom stereocenters. The zero-order chi connectivity index (χ0) is 18.8. The zero-order valence-electron chi connectivity index (χ0n) is 14.8. The molecule has 2 aliphatic rings. The number of hydrogen-bond acceptors (Lipinski definition) is 6. The summed E-state index contributed by atoms with van der Waals surface area (Å²) >= 11 is 0. The van der Waals surface area contributed by atoms with Crippen LogP contribution < -0.4 is 5.32 Å². The Kier molecular flexibility index (Phi) is 8.05. The predicted octanol–water partition coefficient (Wildman–Crippen LogP) is 1.96. The molecule has 0 bridgehead atoms. The van der Waals surface area contributed by atoms with E-state index in [1.165, 1.54) is 25.3 Å². The number of amides is 2. The molecule has 0 aromatic carbocycles. The summed E-state index contributed by atoms with van der Waals surface area (Å²) in [6.45, 7) is 0.549. The van der Waals surface area contributed by atoms with Crippen LogP contribution in [0.3, 0.4) is 0 Å². The highest BCUT2D eigenvalue weighted by Crippen LogP contribution is 2.23. The number of carbonyl (C=O) groups excluding carboxylic acids is 4. The molecule has 1 aliphatic heterocycles. The Morgan fingerprint density at radius 1 is 1.08 bits per heavy atom. The molecule has 0 aromatic heterocycles. The summed E-state index contributed by atoms with van der Waals surface area (Å²) in [6, 6.07) is 0. The summed E-state index contributed by atoms with van der Waals surface area (Å²) in [5.41, 5.74) is 0.719. The molecular weight excluding hydrogens is 338 g/mol. The number of rotatable bonds is 8. The minimum Gasteiger partial charge on any atom is -0.463 e. The number of hydrogen-bond donors (Lipinski definition) is 1. The van der Waals surface area contributed by atoms with Crippen LogP contribution in [0.4, 0.5) is 0 Å². The minimum absolute atomic E-state index is 0.146. The molecule has 0 spiro atoms. The van der Waals surface area contributed by atoms with Gasteiger partial charge in [-0.2, -0.15) is 0 Å². The third kappa shape index (κ3) is 7.63. The standard InChI is InChI=1S/C19H25NO6/c21-16-11-15(12-17(22)20-16)7-4-10-25-18(23)8-9-19(24)26-13-14-5-2-1-3-6-14/h8-9,11,14H,1-7,10,12-13H2,(H,20,21,22)/b9-8+. The molecule has 1 fully saturated rings. The van der Waals surface area contributed by atoms with E-state index in [4.69, 9.17) is 9.47 Å². The Labute approximate surface area is 152 Å². The fourth-order valence-electron chi connectivity index (χ4n) is 3.08. The van der Waals surface area contributed by atoms with Gasteiger partial charge in [-0.25, -0.2) is 9.59 Å². The van der Waals surface area contributed by atoms with Gasteiger partial charge in [-0.15, -0.1) is 0 Å². The highest BCUT2D eigenvalue weighted by Gasteiger charge is 2.16. The van der Waals surface area contributed by atoms with Gasteiger partial charge in [0.25, 0.3) is 5.91 Å². The van der Waals surface area contributed by atoms with Crippen molar-refractivity contribution in [1.82, 2.24) is 5.32 Å². The minimum atomic E-state index is -0.619. The summed E-state index contributed by atoms with van der Waals surface area (Å²) < 4.78 is 10.1. The van der Waals surface area contributed by atoms with Gasteiger partial charge in [0.2, 0.25) is 5.91 Å². The maximum Gasteiger partial charge on any atom is 0.331 e. The maximum atomic E-state index is 11.6. The van der Waals surface area contributed by atoms with Gasteiger partial charge >= 0.3 is 11.9 Å². The van der Waals surface area contributed by atoms with Gasteiger partial charge in [-0.1, -0.05) is 24.8 Å². The largest absolute Gasteiger partial charge is 0.463 e. The SMILES string of the molecule is O=C1C=C(CCCOC(=O)/C=C/C(=O)OCC2CCCCC2)CC(=O)N1. The molecule has 1 aliphatic carbocycles. The maximum absolute atomic E-state index is 11.6. The molecule has 1 N–H and O–H groups in total. The van der Waals surface area contributed by atoms with Crippen molar-refractivity contribution in [3.05, 3.63) is 23.8 Å². The van der Waals surface area contributed by atoms with Gasteiger partial charge in [0.1, 0.15) is 0 Å². The Bertz CT molecular complexity index is 601. The second-order valence-corrected chi connectivity index (χ2v) is 6.63. The van der Waals surface area contributed by atoms with E-state index in [-0.39, 0.29) is 18.9 Å². The Morgan fingerprint density at radius 2 is 1.77 bits per heavy atom. The number of imide groups is 1. The number of carbonyl (C=O) groups is 4. The van der Waals surface area contributed by atoms with Gasteiger partial charge in [0, 0.05) is 24.6 Å². The van der Waals surface area contributed by atoms with E-state index in [0.717, 1.165) is 30.6 Å². The molecular formula is C19H25NO6. The van der Waals surface area contributed by atoms with E-state index in [9.17, 15) is 19.2 Å². The smallest absolute Gasteiger partial charge is 0.331 e. The third-order valence-corrected chi connectivity index (χ3v) is 4.41. The Balaban J connectivity index is 1.57. The summed E-state index contributed by atoms with van der Waals surface area (Å²) in [5.74, 6) is -1.46. The quantitative estimate of drug-likeness (QED) is 0.306.